The van der Waals surface area contributed by atoms with Crippen LogP contribution in [0, 0.1) is 0 Å². The summed E-state index contributed by atoms with van der Waals surface area (Å²) in [6.07, 6.45) is -0.469. The summed E-state index contributed by atoms with van der Waals surface area (Å²) in [6, 6.07) is 17.6. The molecular weight excluding hydrogens is 310 g/mol. The Kier molecular flexibility index (Phi) is 6.50. The van der Waals surface area contributed by atoms with E-state index >= 15 is 0 Å². The van der Waals surface area contributed by atoms with Gasteiger partial charge >= 0.3 is 6.09 Å². The van der Waals surface area contributed by atoms with Gasteiger partial charge in [-0.3, -0.25) is 9.08 Å². The second kappa shape index (κ2) is 8.60. The zero-order valence-corrected chi connectivity index (χ0v) is 14.4. The zero-order chi connectivity index (χ0) is 16.7. The number of hydrogen-bond donors (Lipinski definition) is 0. The lowest BCUT2D eigenvalue weighted by atomic mass is 10.0. The molecule has 0 bridgehead atoms. The fourth-order valence-corrected chi connectivity index (χ4v) is 2.38. The molecule has 5 heteroatoms. The van der Waals surface area contributed by atoms with Gasteiger partial charge in [0.2, 0.25) is 12.3 Å². The molecule has 0 atom stereocenters. The van der Waals surface area contributed by atoms with Crippen molar-refractivity contribution in [3.63, 3.8) is 0 Å². The number of anilines is 1. The minimum atomic E-state index is -0.469. The lowest BCUT2D eigenvalue weighted by Gasteiger charge is -2.17. The van der Waals surface area contributed by atoms with Gasteiger partial charge < -0.3 is 4.18 Å². The van der Waals surface area contributed by atoms with Gasteiger partial charge in [-0.2, -0.15) is 0 Å². The molecule has 2 aromatic carbocycles. The van der Waals surface area contributed by atoms with E-state index < -0.39 is 6.09 Å². The Morgan fingerprint density at radius 2 is 1.87 bits per heavy atom. The van der Waals surface area contributed by atoms with E-state index in [1.807, 2.05) is 54.6 Å². The maximum Gasteiger partial charge on any atom is 0.428 e. The molecule has 0 heterocycles. The normalized spacial score (nSPS) is 10.6. The Hall–Kier alpha value is -1.98. The number of amides is 1. The van der Waals surface area contributed by atoms with Gasteiger partial charge in [-0.05, 0) is 29.2 Å². The monoisotopic (exact) mass is 331 g/mol. The summed E-state index contributed by atoms with van der Waals surface area (Å²) >= 11 is 0.698. The molecule has 4 nitrogen and oxygen atoms in total. The Bertz CT molecular complexity index is 631. The molecule has 0 aliphatic rings. The minimum Gasteiger partial charge on any atom is -0.346 e. The van der Waals surface area contributed by atoms with Crippen molar-refractivity contribution >= 4 is 24.1 Å². The summed E-state index contributed by atoms with van der Waals surface area (Å²) < 4.78 is 10.3. The molecule has 0 unspecified atom stereocenters. The first-order valence-corrected chi connectivity index (χ1v) is 8.12. The molecular formula is C18H21NO3S. The minimum absolute atomic E-state index is 0.380. The first kappa shape index (κ1) is 17.4. The molecule has 23 heavy (non-hydrogen) atoms. The van der Waals surface area contributed by atoms with E-state index in [1.54, 1.807) is 7.05 Å². The van der Waals surface area contributed by atoms with Crippen molar-refractivity contribution in [3.8, 4) is 0 Å². The van der Waals surface area contributed by atoms with Gasteiger partial charge in [0.15, 0.2) is 0 Å². The van der Waals surface area contributed by atoms with Crippen LogP contribution in [0.25, 0.3) is 0 Å². The van der Waals surface area contributed by atoms with Crippen LogP contribution < -0.4 is 4.90 Å². The lowest BCUT2D eigenvalue weighted by molar-refractivity contribution is 0.209. The summed E-state index contributed by atoms with van der Waals surface area (Å²) in [6.45, 7) is 4.61. The Morgan fingerprint density at radius 1 is 1.13 bits per heavy atom. The predicted octanol–water partition coefficient (Wildman–Crippen LogP) is 5.16. The fraction of sp³-hybridized carbons (Fsp3) is 0.278. The van der Waals surface area contributed by atoms with Crippen LogP contribution in [-0.4, -0.2) is 13.1 Å². The van der Waals surface area contributed by atoms with Gasteiger partial charge in [0.1, 0.15) is 0 Å². The van der Waals surface area contributed by atoms with Crippen LogP contribution in [0.2, 0.25) is 0 Å². The van der Waals surface area contributed by atoms with E-state index in [2.05, 4.69) is 13.8 Å². The third-order valence-electron chi connectivity index (χ3n) is 3.42. The van der Waals surface area contributed by atoms with E-state index in [0.29, 0.717) is 24.8 Å². The predicted molar refractivity (Wildman–Crippen MR) is 94.2 cm³/mol. The second-order valence-corrected chi connectivity index (χ2v) is 6.01. The lowest BCUT2D eigenvalue weighted by Crippen LogP contribution is -2.25. The number of hydrogen-bond acceptors (Lipinski definition) is 4. The van der Waals surface area contributed by atoms with E-state index in [9.17, 15) is 4.79 Å². The van der Waals surface area contributed by atoms with Crippen molar-refractivity contribution in [3.05, 3.63) is 65.7 Å². The summed E-state index contributed by atoms with van der Waals surface area (Å²) in [5, 5.41) is 0. The SMILES string of the molecule is CC(C)c1cccc(N(C)C(=O)OSOCc2ccccc2)c1. The molecule has 0 saturated carbocycles. The van der Waals surface area contributed by atoms with Gasteiger partial charge in [0, 0.05) is 12.7 Å². The molecule has 0 aromatic heterocycles. The zero-order valence-electron chi connectivity index (χ0n) is 13.6. The molecule has 1 amide bonds. The highest BCUT2D eigenvalue weighted by molar-refractivity contribution is 7.90. The average molecular weight is 331 g/mol. The topological polar surface area (TPSA) is 38.8 Å². The molecule has 122 valence electrons. The third kappa shape index (κ3) is 5.30. The van der Waals surface area contributed by atoms with Crippen LogP contribution in [0.3, 0.4) is 0 Å². The standard InChI is InChI=1S/C18H21NO3S/c1-14(2)16-10-7-11-17(12-16)19(3)18(20)22-23-21-13-15-8-5-4-6-9-15/h4-12,14H,13H2,1-3H3. The summed E-state index contributed by atoms with van der Waals surface area (Å²) in [4.78, 5) is 13.5. The fourth-order valence-electron chi connectivity index (χ4n) is 1.97. The van der Waals surface area contributed by atoms with Gasteiger partial charge in [-0.1, -0.05) is 56.3 Å². The van der Waals surface area contributed by atoms with E-state index in [4.69, 9.17) is 8.37 Å². The van der Waals surface area contributed by atoms with Crippen molar-refractivity contribution in [2.24, 2.45) is 0 Å². The molecule has 0 aliphatic carbocycles. The van der Waals surface area contributed by atoms with E-state index in [1.165, 1.54) is 10.5 Å². The smallest absolute Gasteiger partial charge is 0.346 e. The number of carbonyl (C=O) groups excluding carboxylic acids is 1. The van der Waals surface area contributed by atoms with Gasteiger partial charge in [0.05, 0.1) is 6.61 Å². The summed E-state index contributed by atoms with van der Waals surface area (Å²) in [5.74, 6) is 0.406. The quantitative estimate of drug-likeness (QED) is 0.541. The number of benzene rings is 2. The Balaban J connectivity index is 1.82. The first-order chi connectivity index (χ1) is 11.1. The van der Waals surface area contributed by atoms with Crippen LogP contribution in [-0.2, 0) is 15.0 Å². The molecule has 0 radical (unpaired) electrons. The van der Waals surface area contributed by atoms with Crippen LogP contribution in [0.1, 0.15) is 30.9 Å². The maximum atomic E-state index is 12.0. The molecule has 0 fully saturated rings. The van der Waals surface area contributed by atoms with E-state index in [-0.39, 0.29) is 0 Å². The average Bonchev–Trinajstić information content (AvgIpc) is 2.59. The second-order valence-electron chi connectivity index (χ2n) is 5.47. The maximum absolute atomic E-state index is 12.0. The highest BCUT2D eigenvalue weighted by atomic mass is 32.2. The summed E-state index contributed by atoms with van der Waals surface area (Å²) in [7, 11) is 1.68. The largest absolute Gasteiger partial charge is 0.428 e. The molecule has 0 saturated heterocycles. The number of nitrogens with zero attached hydrogens (tertiary/aromatic N) is 1. The molecule has 0 spiro atoms. The van der Waals surface area contributed by atoms with Gasteiger partial charge in [-0.25, -0.2) is 4.79 Å². The van der Waals surface area contributed by atoms with Gasteiger partial charge in [-0.15, -0.1) is 0 Å². The highest BCUT2D eigenvalue weighted by Gasteiger charge is 2.14. The summed E-state index contributed by atoms with van der Waals surface area (Å²) in [5.41, 5.74) is 2.99. The third-order valence-corrected chi connectivity index (χ3v) is 3.84. The van der Waals surface area contributed by atoms with Crippen LogP contribution >= 0.6 is 12.3 Å². The molecule has 2 rings (SSSR count). The highest BCUT2D eigenvalue weighted by Crippen LogP contribution is 2.22. The number of carbonyl (C=O) groups is 1. The van der Waals surface area contributed by atoms with Crippen molar-refractivity contribution in [2.45, 2.75) is 26.4 Å². The van der Waals surface area contributed by atoms with Crippen LogP contribution in [0.15, 0.2) is 54.6 Å². The molecule has 2 aromatic rings. The molecule has 0 N–H and O–H groups in total. The van der Waals surface area contributed by atoms with Crippen LogP contribution in [0.4, 0.5) is 10.5 Å². The Labute approximate surface area is 141 Å². The van der Waals surface area contributed by atoms with Crippen LogP contribution in [0.5, 0.6) is 0 Å². The molecule has 0 aliphatic heterocycles. The number of rotatable bonds is 6. The van der Waals surface area contributed by atoms with Crippen molar-refractivity contribution < 1.29 is 13.2 Å². The van der Waals surface area contributed by atoms with Crippen molar-refractivity contribution in [2.75, 3.05) is 11.9 Å². The van der Waals surface area contributed by atoms with Crippen molar-refractivity contribution in [1.82, 2.24) is 0 Å². The van der Waals surface area contributed by atoms with Gasteiger partial charge in [0.25, 0.3) is 0 Å². The first-order valence-electron chi connectivity index (χ1n) is 7.45. The van der Waals surface area contributed by atoms with Crippen molar-refractivity contribution in [1.29, 1.82) is 0 Å². The van der Waals surface area contributed by atoms with E-state index in [0.717, 1.165) is 11.3 Å². The Morgan fingerprint density at radius 3 is 2.57 bits per heavy atom.